The Balaban J connectivity index is 2.67. The summed E-state index contributed by atoms with van der Waals surface area (Å²) in [5, 5.41) is 3.60. The molecule has 0 amide bonds. The van der Waals surface area contributed by atoms with Gasteiger partial charge in [-0.1, -0.05) is 36.2 Å². The van der Waals surface area contributed by atoms with Crippen LogP contribution in [0, 0.1) is 13.8 Å². The van der Waals surface area contributed by atoms with Crippen molar-refractivity contribution < 1.29 is 4.74 Å². The van der Waals surface area contributed by atoms with Crippen molar-refractivity contribution in [3.63, 3.8) is 0 Å². The highest BCUT2D eigenvalue weighted by Gasteiger charge is 2.13. The minimum Gasteiger partial charge on any atom is -0.385 e. The van der Waals surface area contributed by atoms with Gasteiger partial charge in [0.05, 0.1) is 0 Å². The van der Waals surface area contributed by atoms with Crippen LogP contribution >= 0.6 is 0 Å². The molecule has 0 spiro atoms. The highest BCUT2D eigenvalue weighted by atomic mass is 16.5. The van der Waals surface area contributed by atoms with Crippen molar-refractivity contribution in [2.45, 2.75) is 33.2 Å². The van der Waals surface area contributed by atoms with E-state index in [4.69, 9.17) is 4.74 Å². The normalized spacial score (nSPS) is 12.9. The van der Waals surface area contributed by atoms with Gasteiger partial charge in [0.2, 0.25) is 0 Å². The third-order valence-electron chi connectivity index (χ3n) is 3.48. The molecule has 0 bridgehead atoms. The van der Waals surface area contributed by atoms with E-state index in [0.717, 1.165) is 32.7 Å². The Labute approximate surface area is 124 Å². The van der Waals surface area contributed by atoms with E-state index in [1.165, 1.54) is 16.7 Å². The van der Waals surface area contributed by atoms with Crippen molar-refractivity contribution >= 4 is 0 Å². The van der Waals surface area contributed by atoms with E-state index in [0.29, 0.717) is 6.04 Å². The van der Waals surface area contributed by atoms with Crippen molar-refractivity contribution in [1.82, 2.24) is 10.2 Å². The molecule has 20 heavy (non-hydrogen) atoms. The predicted molar refractivity (Wildman–Crippen MR) is 86.3 cm³/mol. The number of benzene rings is 1. The number of nitrogens with zero attached hydrogens (tertiary/aromatic N) is 1. The average Bonchev–Trinajstić information content (AvgIpc) is 2.37. The summed E-state index contributed by atoms with van der Waals surface area (Å²) in [7, 11) is 3.94. The first-order valence-corrected chi connectivity index (χ1v) is 7.55. The third-order valence-corrected chi connectivity index (χ3v) is 3.48. The molecule has 1 aromatic carbocycles. The molecule has 1 rings (SSSR count). The summed E-state index contributed by atoms with van der Waals surface area (Å²) < 4.78 is 5.12. The zero-order valence-electron chi connectivity index (χ0n) is 13.7. The Morgan fingerprint density at radius 2 is 1.85 bits per heavy atom. The molecule has 3 heteroatoms. The molecule has 1 N–H and O–H groups in total. The SMILES string of the molecule is CCNC(CN(C)CCCOC)c1cc(C)cc(C)c1. The van der Waals surface area contributed by atoms with Crippen LogP contribution < -0.4 is 5.32 Å². The maximum absolute atomic E-state index is 5.12. The van der Waals surface area contributed by atoms with Gasteiger partial charge in [0.25, 0.3) is 0 Å². The number of methoxy groups -OCH3 is 1. The van der Waals surface area contributed by atoms with E-state index >= 15 is 0 Å². The fourth-order valence-electron chi connectivity index (χ4n) is 2.63. The van der Waals surface area contributed by atoms with E-state index in [1.807, 2.05) is 0 Å². The maximum Gasteiger partial charge on any atom is 0.0474 e. The Bertz CT molecular complexity index is 372. The summed E-state index contributed by atoms with van der Waals surface area (Å²) in [4.78, 5) is 2.38. The van der Waals surface area contributed by atoms with Gasteiger partial charge in [-0.15, -0.1) is 0 Å². The zero-order chi connectivity index (χ0) is 15.0. The fourth-order valence-corrected chi connectivity index (χ4v) is 2.63. The maximum atomic E-state index is 5.12. The molecule has 0 saturated heterocycles. The monoisotopic (exact) mass is 278 g/mol. The highest BCUT2D eigenvalue weighted by molar-refractivity contribution is 5.30. The Morgan fingerprint density at radius 1 is 1.20 bits per heavy atom. The van der Waals surface area contributed by atoms with E-state index < -0.39 is 0 Å². The van der Waals surface area contributed by atoms with Crippen molar-refractivity contribution in [3.05, 3.63) is 34.9 Å². The Morgan fingerprint density at radius 3 is 2.40 bits per heavy atom. The lowest BCUT2D eigenvalue weighted by Gasteiger charge is -2.25. The quantitative estimate of drug-likeness (QED) is 0.703. The molecule has 0 saturated carbocycles. The van der Waals surface area contributed by atoms with Crippen LogP contribution in [0.5, 0.6) is 0 Å². The summed E-state index contributed by atoms with van der Waals surface area (Å²) in [6.07, 6.45) is 1.08. The van der Waals surface area contributed by atoms with Gasteiger partial charge in [0, 0.05) is 32.8 Å². The van der Waals surface area contributed by atoms with Gasteiger partial charge in [-0.25, -0.2) is 0 Å². The van der Waals surface area contributed by atoms with Gasteiger partial charge < -0.3 is 15.0 Å². The summed E-state index contributed by atoms with van der Waals surface area (Å²) in [6.45, 7) is 10.4. The number of hydrogen-bond acceptors (Lipinski definition) is 3. The van der Waals surface area contributed by atoms with Crippen LogP contribution in [0.1, 0.15) is 36.1 Å². The first-order valence-electron chi connectivity index (χ1n) is 7.55. The van der Waals surface area contributed by atoms with Crippen molar-refractivity contribution in [2.75, 3.05) is 40.4 Å². The molecule has 0 fully saturated rings. The lowest BCUT2D eigenvalue weighted by atomic mass is 10.0. The number of hydrogen-bond donors (Lipinski definition) is 1. The smallest absolute Gasteiger partial charge is 0.0474 e. The third kappa shape index (κ3) is 6.04. The van der Waals surface area contributed by atoms with Gasteiger partial charge >= 0.3 is 0 Å². The number of nitrogens with one attached hydrogen (secondary N) is 1. The first kappa shape index (κ1) is 17.2. The Hall–Kier alpha value is -0.900. The number of rotatable bonds is 9. The molecule has 0 aliphatic rings. The highest BCUT2D eigenvalue weighted by Crippen LogP contribution is 2.18. The molecule has 0 aliphatic carbocycles. The van der Waals surface area contributed by atoms with Crippen LogP contribution in [-0.2, 0) is 4.74 Å². The molecular formula is C17H30N2O. The van der Waals surface area contributed by atoms with Gasteiger partial charge in [-0.05, 0) is 39.4 Å². The molecule has 0 aromatic heterocycles. The molecule has 114 valence electrons. The van der Waals surface area contributed by atoms with Gasteiger partial charge in [0.15, 0.2) is 0 Å². The lowest BCUT2D eigenvalue weighted by molar-refractivity contribution is 0.176. The topological polar surface area (TPSA) is 24.5 Å². The zero-order valence-corrected chi connectivity index (χ0v) is 13.7. The molecule has 1 aromatic rings. The standard InChI is InChI=1S/C17H30N2O/c1-6-18-17(13-19(4)8-7-9-20-5)16-11-14(2)10-15(3)12-16/h10-12,17-18H,6-9,13H2,1-5H3. The van der Waals surface area contributed by atoms with E-state index in [1.54, 1.807) is 7.11 Å². The van der Waals surface area contributed by atoms with Crippen LogP contribution in [-0.4, -0.2) is 45.3 Å². The van der Waals surface area contributed by atoms with Crippen LogP contribution in [0.2, 0.25) is 0 Å². The molecule has 0 aliphatic heterocycles. The van der Waals surface area contributed by atoms with Crippen molar-refractivity contribution in [1.29, 1.82) is 0 Å². The minimum atomic E-state index is 0.395. The summed E-state index contributed by atoms with van der Waals surface area (Å²) >= 11 is 0. The minimum absolute atomic E-state index is 0.395. The van der Waals surface area contributed by atoms with E-state index in [-0.39, 0.29) is 0 Å². The molecule has 0 heterocycles. The summed E-state index contributed by atoms with van der Waals surface area (Å²) in [5.41, 5.74) is 4.07. The van der Waals surface area contributed by atoms with Crippen LogP contribution in [0.3, 0.4) is 0 Å². The fraction of sp³-hybridized carbons (Fsp3) is 0.647. The van der Waals surface area contributed by atoms with Crippen molar-refractivity contribution in [2.24, 2.45) is 0 Å². The second-order valence-corrected chi connectivity index (χ2v) is 5.64. The number of ether oxygens (including phenoxy) is 1. The molecule has 3 nitrogen and oxygen atoms in total. The van der Waals surface area contributed by atoms with E-state index in [2.05, 4.69) is 56.2 Å². The van der Waals surface area contributed by atoms with Gasteiger partial charge in [0.1, 0.15) is 0 Å². The molecule has 0 radical (unpaired) electrons. The summed E-state index contributed by atoms with van der Waals surface area (Å²) in [5.74, 6) is 0. The Kier molecular flexibility index (Phi) is 7.82. The van der Waals surface area contributed by atoms with Crippen molar-refractivity contribution in [3.8, 4) is 0 Å². The molecule has 1 atom stereocenters. The van der Waals surface area contributed by atoms with Crippen LogP contribution in [0.4, 0.5) is 0 Å². The van der Waals surface area contributed by atoms with Crippen LogP contribution in [0.25, 0.3) is 0 Å². The van der Waals surface area contributed by atoms with Crippen LogP contribution in [0.15, 0.2) is 18.2 Å². The predicted octanol–water partition coefficient (Wildman–Crippen LogP) is 2.92. The first-order chi connectivity index (χ1) is 9.56. The summed E-state index contributed by atoms with van der Waals surface area (Å²) in [6, 6.07) is 7.22. The second kappa shape index (κ2) is 9.11. The van der Waals surface area contributed by atoms with Gasteiger partial charge in [-0.2, -0.15) is 0 Å². The largest absolute Gasteiger partial charge is 0.385 e. The second-order valence-electron chi connectivity index (χ2n) is 5.64. The molecular weight excluding hydrogens is 248 g/mol. The number of aryl methyl sites for hydroxylation is 2. The van der Waals surface area contributed by atoms with E-state index in [9.17, 15) is 0 Å². The average molecular weight is 278 g/mol. The number of likely N-dealkylation sites (N-methyl/N-ethyl adjacent to an activating group) is 2. The van der Waals surface area contributed by atoms with Gasteiger partial charge in [-0.3, -0.25) is 0 Å². The lowest BCUT2D eigenvalue weighted by Crippen LogP contribution is -2.34. The molecule has 1 unspecified atom stereocenters.